The summed E-state index contributed by atoms with van der Waals surface area (Å²) in [7, 11) is 1.26. The SMILES string of the molecule is CN=C(NCc1ccc(C)cc1SC)NCc1ccccc1S(=O)(=O)N(C)C.I. The Hall–Kier alpha value is -1.30. The summed E-state index contributed by atoms with van der Waals surface area (Å²) in [6.45, 7) is 3.07. The van der Waals surface area contributed by atoms with E-state index in [4.69, 9.17) is 0 Å². The number of sulfonamides is 1. The minimum atomic E-state index is -3.50. The number of nitrogens with one attached hydrogen (secondary N) is 2. The Morgan fingerprint density at radius 3 is 2.28 bits per heavy atom. The van der Waals surface area contributed by atoms with Crippen LogP contribution in [0.5, 0.6) is 0 Å². The molecule has 6 nitrogen and oxygen atoms in total. The predicted molar refractivity (Wildman–Crippen MR) is 133 cm³/mol. The molecule has 2 N–H and O–H groups in total. The van der Waals surface area contributed by atoms with Gasteiger partial charge in [-0.3, -0.25) is 4.99 Å². The Kier molecular flexibility index (Phi) is 10.4. The van der Waals surface area contributed by atoms with E-state index >= 15 is 0 Å². The van der Waals surface area contributed by atoms with Crippen molar-refractivity contribution < 1.29 is 8.42 Å². The lowest BCUT2D eigenvalue weighted by molar-refractivity contribution is 0.519. The summed E-state index contributed by atoms with van der Waals surface area (Å²) in [5.74, 6) is 0.615. The van der Waals surface area contributed by atoms with Gasteiger partial charge in [-0.15, -0.1) is 35.7 Å². The van der Waals surface area contributed by atoms with Crippen molar-refractivity contribution in [2.24, 2.45) is 4.99 Å². The number of halogens is 1. The van der Waals surface area contributed by atoms with E-state index in [0.717, 1.165) is 0 Å². The first-order valence-corrected chi connectivity index (χ1v) is 11.5. The van der Waals surface area contributed by atoms with Gasteiger partial charge in [-0.25, -0.2) is 12.7 Å². The van der Waals surface area contributed by atoms with Crippen molar-refractivity contribution in [3.8, 4) is 0 Å². The number of hydrogen-bond acceptors (Lipinski definition) is 4. The zero-order valence-corrected chi connectivity index (χ0v) is 21.4. The van der Waals surface area contributed by atoms with Gasteiger partial charge >= 0.3 is 0 Å². The van der Waals surface area contributed by atoms with E-state index in [1.807, 2.05) is 12.1 Å². The minimum Gasteiger partial charge on any atom is -0.352 e. The summed E-state index contributed by atoms with van der Waals surface area (Å²) in [4.78, 5) is 5.77. The molecule has 2 aromatic rings. The topological polar surface area (TPSA) is 73.8 Å². The van der Waals surface area contributed by atoms with Crippen molar-refractivity contribution in [1.82, 2.24) is 14.9 Å². The van der Waals surface area contributed by atoms with Gasteiger partial charge in [0.15, 0.2) is 5.96 Å². The fourth-order valence-corrected chi connectivity index (χ4v) is 4.50. The molecule has 0 spiro atoms. The fourth-order valence-electron chi connectivity index (χ4n) is 2.67. The van der Waals surface area contributed by atoms with Crippen LogP contribution in [0.1, 0.15) is 16.7 Å². The quantitative estimate of drug-likeness (QED) is 0.240. The van der Waals surface area contributed by atoms with Crippen molar-refractivity contribution in [2.75, 3.05) is 27.4 Å². The second-order valence-electron chi connectivity index (χ2n) is 6.49. The highest BCUT2D eigenvalue weighted by molar-refractivity contribution is 14.0. The van der Waals surface area contributed by atoms with E-state index in [2.05, 4.69) is 47.0 Å². The highest BCUT2D eigenvalue weighted by Crippen LogP contribution is 2.22. The summed E-state index contributed by atoms with van der Waals surface area (Å²) >= 11 is 1.71. The number of nitrogens with zero attached hydrogens (tertiary/aromatic N) is 2. The molecule has 2 aromatic carbocycles. The van der Waals surface area contributed by atoms with Crippen LogP contribution in [0.3, 0.4) is 0 Å². The third kappa shape index (κ3) is 6.87. The van der Waals surface area contributed by atoms with Gasteiger partial charge in [-0.05, 0) is 42.0 Å². The molecule has 2 rings (SSSR count). The second-order valence-corrected chi connectivity index (χ2v) is 9.46. The van der Waals surface area contributed by atoms with Gasteiger partial charge in [0, 0.05) is 39.1 Å². The summed E-state index contributed by atoms with van der Waals surface area (Å²) in [5.41, 5.74) is 3.12. The zero-order chi connectivity index (χ0) is 20.7. The lowest BCUT2D eigenvalue weighted by atomic mass is 10.1. The molecule has 9 heteroatoms. The Labute approximate surface area is 195 Å². The van der Waals surface area contributed by atoms with Crippen LogP contribution in [0.4, 0.5) is 0 Å². The molecule has 0 bridgehead atoms. The first-order chi connectivity index (χ1) is 13.3. The van der Waals surface area contributed by atoms with Crippen LogP contribution in [0, 0.1) is 6.92 Å². The standard InChI is InChI=1S/C20H28N4O2S2.HI/c1-15-10-11-16(18(12-15)27-5)13-22-20(21-2)23-14-17-8-6-7-9-19(17)28(25,26)24(3)4;/h6-12H,13-14H2,1-5H3,(H2,21,22,23);1H. The van der Waals surface area contributed by atoms with E-state index in [1.165, 1.54) is 34.4 Å². The average Bonchev–Trinajstić information content (AvgIpc) is 2.68. The Balaban J connectivity index is 0.00000420. The molecule has 0 unspecified atom stereocenters. The van der Waals surface area contributed by atoms with Crippen molar-refractivity contribution in [2.45, 2.75) is 29.8 Å². The molecule has 0 aliphatic carbocycles. The maximum atomic E-state index is 12.5. The maximum absolute atomic E-state index is 12.5. The largest absolute Gasteiger partial charge is 0.352 e. The number of guanidine groups is 1. The second kappa shape index (κ2) is 11.8. The molecule has 0 heterocycles. The van der Waals surface area contributed by atoms with E-state index < -0.39 is 10.0 Å². The first kappa shape index (κ1) is 25.7. The number of aliphatic imine (C=N–C) groups is 1. The number of benzene rings is 2. The van der Waals surface area contributed by atoms with Crippen LogP contribution in [0.2, 0.25) is 0 Å². The lowest BCUT2D eigenvalue weighted by Gasteiger charge is -2.17. The van der Waals surface area contributed by atoms with Crippen LogP contribution in [-0.4, -0.2) is 46.1 Å². The Bertz CT molecular complexity index is 947. The predicted octanol–water partition coefficient (Wildman–Crippen LogP) is 3.45. The van der Waals surface area contributed by atoms with Crippen LogP contribution < -0.4 is 10.6 Å². The molecule has 0 saturated carbocycles. The first-order valence-electron chi connectivity index (χ1n) is 8.88. The molecule has 0 aliphatic rings. The highest BCUT2D eigenvalue weighted by Gasteiger charge is 2.20. The fraction of sp³-hybridized carbons (Fsp3) is 0.350. The molecule has 29 heavy (non-hydrogen) atoms. The Morgan fingerprint density at radius 2 is 1.69 bits per heavy atom. The molecule has 160 valence electrons. The van der Waals surface area contributed by atoms with Gasteiger partial charge < -0.3 is 10.6 Å². The molecule has 0 amide bonds. The van der Waals surface area contributed by atoms with Gasteiger partial charge in [0.2, 0.25) is 10.0 Å². The van der Waals surface area contributed by atoms with E-state index in [0.29, 0.717) is 29.5 Å². The van der Waals surface area contributed by atoms with Crippen molar-refractivity contribution in [3.05, 3.63) is 59.2 Å². The highest BCUT2D eigenvalue weighted by atomic mass is 127. The van der Waals surface area contributed by atoms with Crippen molar-refractivity contribution in [1.29, 1.82) is 0 Å². The minimum absolute atomic E-state index is 0. The van der Waals surface area contributed by atoms with E-state index in [9.17, 15) is 8.42 Å². The number of hydrogen-bond donors (Lipinski definition) is 2. The van der Waals surface area contributed by atoms with Gasteiger partial charge in [0.1, 0.15) is 0 Å². The molecular formula is C20H29IN4O2S2. The summed E-state index contributed by atoms with van der Waals surface area (Å²) in [6.07, 6.45) is 2.06. The van der Waals surface area contributed by atoms with Crippen LogP contribution >= 0.6 is 35.7 Å². The molecule has 0 atom stereocenters. The monoisotopic (exact) mass is 548 g/mol. The molecule has 0 radical (unpaired) electrons. The number of thioether (sulfide) groups is 1. The van der Waals surface area contributed by atoms with Crippen LogP contribution in [0.25, 0.3) is 0 Å². The summed E-state index contributed by atoms with van der Waals surface area (Å²) < 4.78 is 26.3. The van der Waals surface area contributed by atoms with Crippen LogP contribution in [-0.2, 0) is 23.1 Å². The molecular weight excluding hydrogens is 519 g/mol. The average molecular weight is 549 g/mol. The maximum Gasteiger partial charge on any atom is 0.242 e. The van der Waals surface area contributed by atoms with Crippen molar-refractivity contribution in [3.63, 3.8) is 0 Å². The third-order valence-electron chi connectivity index (χ3n) is 4.29. The van der Waals surface area contributed by atoms with E-state index in [-0.39, 0.29) is 24.0 Å². The normalized spacial score (nSPS) is 11.9. The summed E-state index contributed by atoms with van der Waals surface area (Å²) in [6, 6.07) is 13.4. The lowest BCUT2D eigenvalue weighted by Crippen LogP contribution is -2.37. The van der Waals surface area contributed by atoms with Crippen LogP contribution in [0.15, 0.2) is 57.2 Å². The smallest absolute Gasteiger partial charge is 0.242 e. The number of aryl methyl sites for hydroxylation is 1. The molecule has 0 aliphatic heterocycles. The van der Waals surface area contributed by atoms with Gasteiger partial charge in [-0.1, -0.05) is 30.3 Å². The van der Waals surface area contributed by atoms with E-state index in [1.54, 1.807) is 30.9 Å². The zero-order valence-electron chi connectivity index (χ0n) is 17.4. The third-order valence-corrected chi connectivity index (χ3v) is 7.03. The molecule has 0 saturated heterocycles. The Morgan fingerprint density at radius 1 is 1.07 bits per heavy atom. The summed E-state index contributed by atoms with van der Waals surface area (Å²) in [5, 5.41) is 6.50. The molecule has 0 aromatic heterocycles. The van der Waals surface area contributed by atoms with Gasteiger partial charge in [0.25, 0.3) is 0 Å². The number of rotatable bonds is 7. The van der Waals surface area contributed by atoms with Gasteiger partial charge in [0.05, 0.1) is 4.90 Å². The van der Waals surface area contributed by atoms with Gasteiger partial charge in [-0.2, -0.15) is 0 Å². The van der Waals surface area contributed by atoms with Crippen molar-refractivity contribution >= 4 is 51.7 Å². The molecule has 0 fully saturated rings.